The molecule has 0 aliphatic carbocycles. The van der Waals surface area contributed by atoms with Gasteiger partial charge >= 0.3 is 5.97 Å². The molecule has 0 unspecified atom stereocenters. The Morgan fingerprint density at radius 2 is 1.61 bits per heavy atom. The number of carbonyl (C=O) groups is 2. The van der Waals surface area contributed by atoms with Gasteiger partial charge in [0.2, 0.25) is 0 Å². The first-order valence-electron chi connectivity index (χ1n) is 10.5. The molecule has 4 aromatic rings. The van der Waals surface area contributed by atoms with E-state index in [1.54, 1.807) is 12.1 Å². The summed E-state index contributed by atoms with van der Waals surface area (Å²) in [6.45, 7) is 2.40. The number of nitrogens with zero attached hydrogens (tertiary/aromatic N) is 1. The first-order chi connectivity index (χ1) is 15.9. The molecule has 33 heavy (non-hydrogen) atoms. The number of aromatic carboxylic acids is 1. The monoisotopic (exact) mass is 458 g/mol. The number of aromatic nitrogens is 1. The van der Waals surface area contributed by atoms with E-state index in [1.807, 2.05) is 78.4 Å². The average Bonchev–Trinajstić information content (AvgIpc) is 3.25. The van der Waals surface area contributed by atoms with Crippen LogP contribution in [-0.2, 0) is 6.54 Å². The van der Waals surface area contributed by atoms with Crippen molar-refractivity contribution in [2.75, 3.05) is 0 Å². The smallest absolute Gasteiger partial charge is 0.335 e. The fraction of sp³-hybridized carbons (Fsp3) is 0.111. The van der Waals surface area contributed by atoms with Crippen LogP contribution in [0.3, 0.4) is 0 Å². The predicted molar refractivity (Wildman–Crippen MR) is 130 cm³/mol. The molecule has 0 aliphatic rings. The number of carboxylic acids is 1. The number of benzene rings is 3. The van der Waals surface area contributed by atoms with E-state index in [0.29, 0.717) is 17.3 Å². The maximum atomic E-state index is 13.3. The Morgan fingerprint density at radius 1 is 0.939 bits per heavy atom. The Hall–Kier alpha value is -3.83. The topological polar surface area (TPSA) is 71.3 Å². The first-order valence-corrected chi connectivity index (χ1v) is 10.9. The highest BCUT2D eigenvalue weighted by Crippen LogP contribution is 2.24. The van der Waals surface area contributed by atoms with Gasteiger partial charge in [-0.1, -0.05) is 66.2 Å². The van der Waals surface area contributed by atoms with E-state index in [1.165, 1.54) is 12.1 Å². The van der Waals surface area contributed by atoms with Gasteiger partial charge in [-0.3, -0.25) is 4.79 Å². The van der Waals surface area contributed by atoms with Crippen LogP contribution in [0.4, 0.5) is 0 Å². The van der Waals surface area contributed by atoms with Gasteiger partial charge < -0.3 is 15.0 Å². The van der Waals surface area contributed by atoms with Crippen LogP contribution < -0.4 is 5.32 Å². The summed E-state index contributed by atoms with van der Waals surface area (Å²) in [4.78, 5) is 24.4. The van der Waals surface area contributed by atoms with Gasteiger partial charge in [-0.15, -0.1) is 0 Å². The third-order valence-electron chi connectivity index (χ3n) is 5.51. The molecule has 1 aromatic heterocycles. The van der Waals surface area contributed by atoms with Crippen LogP contribution in [0.25, 0.3) is 11.1 Å². The molecule has 0 radical (unpaired) electrons. The minimum Gasteiger partial charge on any atom is -0.478 e. The van der Waals surface area contributed by atoms with E-state index in [9.17, 15) is 9.59 Å². The van der Waals surface area contributed by atoms with Gasteiger partial charge in [0.1, 0.15) is 5.69 Å². The molecule has 1 amide bonds. The summed E-state index contributed by atoms with van der Waals surface area (Å²) in [7, 11) is 0. The van der Waals surface area contributed by atoms with Crippen molar-refractivity contribution in [2.24, 2.45) is 0 Å². The second kappa shape index (κ2) is 9.76. The van der Waals surface area contributed by atoms with E-state index in [-0.39, 0.29) is 17.5 Å². The van der Waals surface area contributed by atoms with E-state index < -0.39 is 5.97 Å². The number of carbonyl (C=O) groups excluding carboxylic acids is 1. The lowest BCUT2D eigenvalue weighted by Crippen LogP contribution is -2.28. The van der Waals surface area contributed by atoms with Gasteiger partial charge in [-0.05, 0) is 53.9 Å². The molecular formula is C27H23ClN2O3. The van der Waals surface area contributed by atoms with Crippen LogP contribution >= 0.6 is 11.6 Å². The quantitative estimate of drug-likeness (QED) is 0.354. The molecule has 0 spiro atoms. The summed E-state index contributed by atoms with van der Waals surface area (Å²) >= 11 is 6.02. The Labute approximate surface area is 197 Å². The lowest BCUT2D eigenvalue weighted by molar-refractivity contribution is 0.0696. The maximum absolute atomic E-state index is 13.3. The summed E-state index contributed by atoms with van der Waals surface area (Å²) in [5.74, 6) is -1.19. The molecular weight excluding hydrogens is 436 g/mol. The second-order valence-electron chi connectivity index (χ2n) is 7.86. The molecule has 1 heterocycles. The zero-order valence-electron chi connectivity index (χ0n) is 18.0. The van der Waals surface area contributed by atoms with Crippen molar-refractivity contribution in [1.82, 2.24) is 9.88 Å². The van der Waals surface area contributed by atoms with Gasteiger partial charge in [0.25, 0.3) is 5.91 Å². The number of hydrogen-bond acceptors (Lipinski definition) is 2. The molecule has 166 valence electrons. The molecule has 1 atom stereocenters. The zero-order chi connectivity index (χ0) is 23.4. The number of hydrogen-bond donors (Lipinski definition) is 2. The third-order valence-corrected chi connectivity index (χ3v) is 5.76. The highest BCUT2D eigenvalue weighted by atomic mass is 35.5. The molecule has 0 fully saturated rings. The highest BCUT2D eigenvalue weighted by molar-refractivity contribution is 6.30. The van der Waals surface area contributed by atoms with Crippen molar-refractivity contribution in [1.29, 1.82) is 0 Å². The number of nitrogens with one attached hydrogen (secondary N) is 1. The van der Waals surface area contributed by atoms with Crippen molar-refractivity contribution in [3.63, 3.8) is 0 Å². The van der Waals surface area contributed by atoms with Gasteiger partial charge in [0.15, 0.2) is 0 Å². The van der Waals surface area contributed by atoms with Crippen LogP contribution in [-0.4, -0.2) is 21.6 Å². The van der Waals surface area contributed by atoms with Crippen molar-refractivity contribution < 1.29 is 14.7 Å². The van der Waals surface area contributed by atoms with Crippen LogP contribution in [0.1, 0.15) is 44.9 Å². The van der Waals surface area contributed by atoms with Gasteiger partial charge in [-0.25, -0.2) is 4.79 Å². The Morgan fingerprint density at radius 3 is 2.24 bits per heavy atom. The predicted octanol–water partition coefficient (Wildman–Crippen LogP) is 6.05. The largest absolute Gasteiger partial charge is 0.478 e. The molecule has 0 aliphatic heterocycles. The van der Waals surface area contributed by atoms with Gasteiger partial charge in [0.05, 0.1) is 11.6 Å². The van der Waals surface area contributed by atoms with Crippen molar-refractivity contribution in [2.45, 2.75) is 19.5 Å². The van der Waals surface area contributed by atoms with Gasteiger partial charge in [0, 0.05) is 23.3 Å². The van der Waals surface area contributed by atoms with Crippen molar-refractivity contribution >= 4 is 23.5 Å². The normalized spacial score (nSPS) is 11.7. The minimum absolute atomic E-state index is 0.207. The number of carboxylic acid groups (broad SMARTS) is 1. The Balaban J connectivity index is 1.61. The maximum Gasteiger partial charge on any atom is 0.335 e. The first kappa shape index (κ1) is 22.4. The second-order valence-corrected chi connectivity index (χ2v) is 8.29. The number of amides is 1. The standard InChI is InChI=1S/C27H23ClN2O3/c1-18(20-9-11-22(12-10-20)27(32)33)29-26(31)25-15-23(21-5-3-2-4-6-21)17-30(25)16-19-7-13-24(28)14-8-19/h2-15,17-18H,16H2,1H3,(H,29,31)(H,32,33)/t18-/m0/s1. The van der Waals surface area contributed by atoms with Crippen LogP contribution in [0.2, 0.25) is 5.02 Å². The Kier molecular flexibility index (Phi) is 6.61. The Bertz CT molecular complexity index is 1260. The number of rotatable bonds is 7. The average molecular weight is 459 g/mol. The number of halogens is 1. The van der Waals surface area contributed by atoms with E-state index in [2.05, 4.69) is 5.32 Å². The molecule has 0 saturated heterocycles. The lowest BCUT2D eigenvalue weighted by atomic mass is 10.1. The summed E-state index contributed by atoms with van der Waals surface area (Å²) in [6, 6.07) is 25.6. The molecule has 2 N–H and O–H groups in total. The van der Waals surface area contributed by atoms with Crippen LogP contribution in [0.5, 0.6) is 0 Å². The molecule has 0 bridgehead atoms. The van der Waals surface area contributed by atoms with Crippen LogP contribution in [0, 0.1) is 0 Å². The fourth-order valence-corrected chi connectivity index (χ4v) is 3.80. The third kappa shape index (κ3) is 5.33. The molecule has 3 aromatic carbocycles. The lowest BCUT2D eigenvalue weighted by Gasteiger charge is -2.16. The van der Waals surface area contributed by atoms with E-state index in [4.69, 9.17) is 16.7 Å². The van der Waals surface area contributed by atoms with E-state index >= 15 is 0 Å². The summed E-state index contributed by atoms with van der Waals surface area (Å²) in [5.41, 5.74) is 4.58. The summed E-state index contributed by atoms with van der Waals surface area (Å²) < 4.78 is 1.93. The summed E-state index contributed by atoms with van der Waals surface area (Å²) in [5, 5.41) is 12.8. The molecule has 0 saturated carbocycles. The fourth-order valence-electron chi connectivity index (χ4n) is 3.67. The molecule has 6 heteroatoms. The molecule has 4 rings (SSSR count). The summed E-state index contributed by atoms with van der Waals surface area (Å²) in [6.07, 6.45) is 1.98. The highest BCUT2D eigenvalue weighted by Gasteiger charge is 2.18. The SMILES string of the molecule is C[C@H](NC(=O)c1cc(-c2ccccc2)cn1Cc1ccc(Cl)cc1)c1ccc(C(=O)O)cc1. The molecule has 5 nitrogen and oxygen atoms in total. The van der Waals surface area contributed by atoms with Gasteiger partial charge in [-0.2, -0.15) is 0 Å². The zero-order valence-corrected chi connectivity index (χ0v) is 18.8. The van der Waals surface area contributed by atoms with Crippen molar-refractivity contribution in [3.8, 4) is 11.1 Å². The van der Waals surface area contributed by atoms with Crippen LogP contribution in [0.15, 0.2) is 91.1 Å². The minimum atomic E-state index is -0.980. The van der Waals surface area contributed by atoms with Crippen molar-refractivity contribution in [3.05, 3.63) is 119 Å². The van der Waals surface area contributed by atoms with E-state index in [0.717, 1.165) is 22.3 Å².